The number of nitrogens with one attached hydrogen (secondary N) is 1. The molecule has 0 amide bonds. The molecule has 1 aliphatic heterocycles. The summed E-state index contributed by atoms with van der Waals surface area (Å²) in [5.41, 5.74) is 1.51. The topological polar surface area (TPSA) is 50.7 Å². The van der Waals surface area contributed by atoms with Crippen LogP contribution in [0.4, 0.5) is 4.39 Å². The summed E-state index contributed by atoms with van der Waals surface area (Å²) >= 11 is 0. The summed E-state index contributed by atoms with van der Waals surface area (Å²) in [5.74, 6) is -0.202. The van der Waals surface area contributed by atoms with E-state index in [1.807, 2.05) is 13.0 Å². The van der Waals surface area contributed by atoms with Gasteiger partial charge in [0.15, 0.2) is 0 Å². The highest BCUT2D eigenvalue weighted by molar-refractivity contribution is 5.25. The lowest BCUT2D eigenvalue weighted by Gasteiger charge is -2.18. The lowest BCUT2D eigenvalue weighted by Crippen LogP contribution is -2.33. The van der Waals surface area contributed by atoms with E-state index in [1.54, 1.807) is 13.0 Å². The Kier molecular flexibility index (Phi) is 6.76. The van der Waals surface area contributed by atoms with Gasteiger partial charge >= 0.3 is 0 Å². The average molecular weight is 311 g/mol. The van der Waals surface area contributed by atoms with Gasteiger partial charge in [0.2, 0.25) is 0 Å². The molecule has 2 N–H and O–H groups in total. The van der Waals surface area contributed by atoms with E-state index in [2.05, 4.69) is 5.32 Å². The second kappa shape index (κ2) is 8.58. The molecule has 3 atom stereocenters. The summed E-state index contributed by atoms with van der Waals surface area (Å²) in [6.07, 6.45) is 1.71. The first-order chi connectivity index (χ1) is 10.6. The van der Waals surface area contributed by atoms with Gasteiger partial charge in [0.1, 0.15) is 5.82 Å². The molecule has 4 nitrogen and oxygen atoms in total. The van der Waals surface area contributed by atoms with Crippen molar-refractivity contribution in [3.05, 3.63) is 35.1 Å². The van der Waals surface area contributed by atoms with Gasteiger partial charge in [-0.25, -0.2) is 4.39 Å². The van der Waals surface area contributed by atoms with Crippen molar-refractivity contribution in [3.63, 3.8) is 0 Å². The van der Waals surface area contributed by atoms with E-state index >= 15 is 0 Å². The van der Waals surface area contributed by atoms with Gasteiger partial charge in [0, 0.05) is 19.2 Å². The van der Waals surface area contributed by atoms with Crippen LogP contribution >= 0.6 is 0 Å². The third-order valence-corrected chi connectivity index (χ3v) is 3.99. The maximum Gasteiger partial charge on any atom is 0.126 e. The maximum absolute atomic E-state index is 13.5. The molecule has 0 radical (unpaired) electrons. The molecule has 1 aromatic rings. The fourth-order valence-corrected chi connectivity index (χ4v) is 2.48. The van der Waals surface area contributed by atoms with Crippen molar-refractivity contribution in [1.82, 2.24) is 5.32 Å². The van der Waals surface area contributed by atoms with Crippen LogP contribution in [0.5, 0.6) is 0 Å². The minimum absolute atomic E-state index is 0.0251. The Balaban J connectivity index is 1.66. The van der Waals surface area contributed by atoms with Crippen LogP contribution in [0.3, 0.4) is 0 Å². The number of aliphatic hydroxyl groups is 1. The summed E-state index contributed by atoms with van der Waals surface area (Å²) in [5, 5.41) is 13.1. The smallest absolute Gasteiger partial charge is 0.126 e. The Hall–Kier alpha value is -1.01. The Bertz CT molecular complexity index is 463. The zero-order chi connectivity index (χ0) is 15.9. The Morgan fingerprint density at radius 1 is 1.50 bits per heavy atom. The Morgan fingerprint density at radius 2 is 2.32 bits per heavy atom. The average Bonchev–Trinajstić information content (AvgIpc) is 3.01. The molecule has 2 rings (SSSR count). The standard InChI is InChI=1S/C17H26FNO3/c1-12-5-6-14(8-17(12)18)13(2)19-9-15(20)10-21-11-16-4-3-7-22-16/h5-6,8,13,15-16,19-20H,3-4,7,9-11H2,1-2H3. The summed E-state index contributed by atoms with van der Waals surface area (Å²) in [6, 6.07) is 5.18. The molecule has 0 aliphatic carbocycles. The molecule has 0 saturated carbocycles. The SMILES string of the molecule is Cc1ccc(C(C)NCC(O)COCC2CCCO2)cc1F. The first-order valence-electron chi connectivity index (χ1n) is 7.93. The van der Waals surface area contributed by atoms with Gasteiger partial charge in [-0.15, -0.1) is 0 Å². The van der Waals surface area contributed by atoms with E-state index < -0.39 is 6.10 Å². The monoisotopic (exact) mass is 311 g/mol. The minimum atomic E-state index is -0.584. The molecule has 1 saturated heterocycles. The molecule has 0 bridgehead atoms. The summed E-state index contributed by atoms with van der Waals surface area (Å²) in [6.45, 7) is 5.72. The number of aryl methyl sites for hydroxylation is 1. The van der Waals surface area contributed by atoms with Gasteiger partial charge in [0.05, 0.1) is 25.4 Å². The summed E-state index contributed by atoms with van der Waals surface area (Å²) in [4.78, 5) is 0. The fraction of sp³-hybridized carbons (Fsp3) is 0.647. The molecule has 1 fully saturated rings. The van der Waals surface area contributed by atoms with Crippen LogP contribution in [0.1, 0.15) is 36.9 Å². The molecule has 1 aliphatic rings. The molecule has 1 aromatic carbocycles. The van der Waals surface area contributed by atoms with Crippen molar-refractivity contribution in [3.8, 4) is 0 Å². The van der Waals surface area contributed by atoms with E-state index in [9.17, 15) is 9.50 Å². The predicted molar refractivity (Wildman–Crippen MR) is 83.4 cm³/mol. The molecule has 22 heavy (non-hydrogen) atoms. The number of aliphatic hydroxyl groups excluding tert-OH is 1. The lowest BCUT2D eigenvalue weighted by atomic mass is 10.1. The van der Waals surface area contributed by atoms with Crippen LogP contribution < -0.4 is 5.32 Å². The van der Waals surface area contributed by atoms with Crippen LogP contribution in [-0.4, -0.2) is 43.7 Å². The largest absolute Gasteiger partial charge is 0.389 e. The molecule has 0 aromatic heterocycles. The highest BCUT2D eigenvalue weighted by Gasteiger charge is 2.16. The van der Waals surface area contributed by atoms with Crippen LogP contribution in [0.15, 0.2) is 18.2 Å². The van der Waals surface area contributed by atoms with Crippen LogP contribution in [0, 0.1) is 12.7 Å². The van der Waals surface area contributed by atoms with E-state index in [0.29, 0.717) is 18.7 Å². The van der Waals surface area contributed by atoms with Crippen molar-refractivity contribution in [2.45, 2.75) is 44.9 Å². The van der Waals surface area contributed by atoms with Crippen molar-refractivity contribution in [1.29, 1.82) is 0 Å². The normalized spacial score (nSPS) is 21.0. The van der Waals surface area contributed by atoms with Gasteiger partial charge in [0.25, 0.3) is 0 Å². The highest BCUT2D eigenvalue weighted by atomic mass is 19.1. The summed E-state index contributed by atoms with van der Waals surface area (Å²) in [7, 11) is 0. The Morgan fingerprint density at radius 3 is 3.00 bits per heavy atom. The van der Waals surface area contributed by atoms with Crippen molar-refractivity contribution < 1.29 is 19.0 Å². The van der Waals surface area contributed by atoms with E-state index in [-0.39, 0.29) is 24.6 Å². The molecule has 124 valence electrons. The molecule has 0 spiro atoms. The zero-order valence-corrected chi connectivity index (χ0v) is 13.3. The third kappa shape index (κ3) is 5.32. The quantitative estimate of drug-likeness (QED) is 0.774. The van der Waals surface area contributed by atoms with Crippen molar-refractivity contribution in [2.24, 2.45) is 0 Å². The number of halogens is 1. The van der Waals surface area contributed by atoms with Crippen molar-refractivity contribution in [2.75, 3.05) is 26.4 Å². The second-order valence-electron chi connectivity index (χ2n) is 5.96. The zero-order valence-electron chi connectivity index (χ0n) is 13.3. The van der Waals surface area contributed by atoms with Gasteiger partial charge in [-0.05, 0) is 43.9 Å². The Labute approximate surface area is 131 Å². The van der Waals surface area contributed by atoms with Crippen LogP contribution in [0.2, 0.25) is 0 Å². The van der Waals surface area contributed by atoms with Crippen LogP contribution in [-0.2, 0) is 9.47 Å². The first-order valence-corrected chi connectivity index (χ1v) is 7.93. The molecule has 1 heterocycles. The fourth-order valence-electron chi connectivity index (χ4n) is 2.48. The van der Waals surface area contributed by atoms with E-state index in [4.69, 9.17) is 9.47 Å². The number of benzene rings is 1. The maximum atomic E-state index is 13.5. The third-order valence-electron chi connectivity index (χ3n) is 3.99. The minimum Gasteiger partial charge on any atom is -0.389 e. The van der Waals surface area contributed by atoms with Crippen molar-refractivity contribution >= 4 is 0 Å². The summed E-state index contributed by atoms with van der Waals surface area (Å²) < 4.78 is 24.5. The second-order valence-corrected chi connectivity index (χ2v) is 5.96. The highest BCUT2D eigenvalue weighted by Crippen LogP contribution is 2.16. The number of ether oxygens (including phenoxy) is 2. The van der Waals surface area contributed by atoms with E-state index in [1.165, 1.54) is 6.07 Å². The van der Waals surface area contributed by atoms with Gasteiger partial charge < -0.3 is 19.9 Å². The molecular weight excluding hydrogens is 285 g/mol. The van der Waals surface area contributed by atoms with Gasteiger partial charge in [-0.1, -0.05) is 12.1 Å². The molecule has 3 unspecified atom stereocenters. The molecule has 5 heteroatoms. The molecular formula is C17H26FNO3. The lowest BCUT2D eigenvalue weighted by molar-refractivity contribution is -0.0168. The predicted octanol–water partition coefficient (Wildman–Crippen LogP) is 2.34. The number of hydrogen-bond acceptors (Lipinski definition) is 4. The van der Waals surface area contributed by atoms with Crippen LogP contribution in [0.25, 0.3) is 0 Å². The van der Waals surface area contributed by atoms with E-state index in [0.717, 1.165) is 25.0 Å². The van der Waals surface area contributed by atoms with Gasteiger partial charge in [-0.2, -0.15) is 0 Å². The number of rotatable bonds is 8. The van der Waals surface area contributed by atoms with Gasteiger partial charge in [-0.3, -0.25) is 0 Å². The first kappa shape index (κ1) is 17.3. The number of hydrogen-bond donors (Lipinski definition) is 2.